The highest BCUT2D eigenvalue weighted by molar-refractivity contribution is 9.11. The van der Waals surface area contributed by atoms with Gasteiger partial charge in [0.2, 0.25) is 10.0 Å². The summed E-state index contributed by atoms with van der Waals surface area (Å²) in [6.45, 7) is 2.61. The third-order valence-electron chi connectivity index (χ3n) is 2.98. The van der Waals surface area contributed by atoms with Crippen LogP contribution >= 0.6 is 47.8 Å². The van der Waals surface area contributed by atoms with Crippen LogP contribution in [0.2, 0.25) is 0 Å². The number of nitrogens with zero attached hydrogens (tertiary/aromatic N) is 1. The largest absolute Gasteiger partial charge is 0.372 e. The van der Waals surface area contributed by atoms with E-state index in [1.807, 2.05) is 6.92 Å². The molecule has 0 aliphatic carbocycles. The molecule has 0 spiro atoms. The minimum absolute atomic E-state index is 0.119. The van der Waals surface area contributed by atoms with Gasteiger partial charge in [-0.3, -0.25) is 0 Å². The lowest BCUT2D eigenvalue weighted by atomic mass is 10.3. The monoisotopic (exact) mass is 489 g/mol. The molecule has 2 rings (SSSR count). The summed E-state index contributed by atoms with van der Waals surface area (Å²) < 4.78 is 34.0. The molecule has 8 heteroatoms. The van der Waals surface area contributed by atoms with Crippen molar-refractivity contribution in [3.05, 3.63) is 27.1 Å². The summed E-state index contributed by atoms with van der Waals surface area (Å²) in [6, 6.07) is 5.14. The maximum absolute atomic E-state index is 12.8. The molecule has 1 aliphatic rings. The van der Waals surface area contributed by atoms with Gasteiger partial charge >= 0.3 is 0 Å². The first kappa shape index (κ1) is 16.9. The van der Waals surface area contributed by atoms with Crippen LogP contribution in [0.4, 0.5) is 0 Å². The average molecular weight is 492 g/mol. The Balaban J connectivity index is 2.36. The van der Waals surface area contributed by atoms with E-state index >= 15 is 0 Å². The van der Waals surface area contributed by atoms with Crippen molar-refractivity contribution in [3.63, 3.8) is 0 Å². The molecule has 4 nitrogen and oxygen atoms in total. The Hall–Kier alpha value is 0.530. The van der Waals surface area contributed by atoms with E-state index in [9.17, 15) is 8.42 Å². The standard InChI is InChI=1S/C12H14Br3NO3S/c1-8-6-16(7-10(5-13)19-8)20(17,18)12-4-9(14)2-3-11(12)15/h2-4,8,10H,5-7H2,1H3. The average Bonchev–Trinajstić information content (AvgIpc) is 2.40. The fourth-order valence-corrected chi connectivity index (χ4v) is 5.47. The molecule has 0 saturated carbocycles. The van der Waals surface area contributed by atoms with Crippen LogP contribution in [0.3, 0.4) is 0 Å². The van der Waals surface area contributed by atoms with Crippen LogP contribution in [0.1, 0.15) is 6.92 Å². The highest BCUT2D eigenvalue weighted by Gasteiger charge is 2.34. The number of rotatable bonds is 3. The molecule has 2 unspecified atom stereocenters. The summed E-state index contributed by atoms with van der Waals surface area (Å²) in [5.41, 5.74) is 0. The number of halogens is 3. The van der Waals surface area contributed by atoms with Crippen LogP contribution in [0.25, 0.3) is 0 Å². The molecule has 1 aromatic rings. The number of alkyl halides is 1. The van der Waals surface area contributed by atoms with E-state index in [-0.39, 0.29) is 17.1 Å². The summed E-state index contributed by atoms with van der Waals surface area (Å²) in [6.07, 6.45) is -0.244. The SMILES string of the molecule is CC1CN(S(=O)(=O)c2cc(Br)ccc2Br)CC(CBr)O1. The van der Waals surface area contributed by atoms with Crippen molar-refractivity contribution >= 4 is 57.8 Å². The highest BCUT2D eigenvalue weighted by Crippen LogP contribution is 2.30. The molecule has 0 radical (unpaired) electrons. The van der Waals surface area contributed by atoms with Gasteiger partial charge in [-0.25, -0.2) is 8.42 Å². The smallest absolute Gasteiger partial charge is 0.244 e. The number of ether oxygens (including phenoxy) is 1. The van der Waals surface area contributed by atoms with Gasteiger partial charge in [0.25, 0.3) is 0 Å². The van der Waals surface area contributed by atoms with Gasteiger partial charge in [-0.15, -0.1) is 0 Å². The minimum atomic E-state index is -3.54. The van der Waals surface area contributed by atoms with Crippen LogP contribution < -0.4 is 0 Å². The molecule has 1 aromatic carbocycles. The number of sulfonamides is 1. The fourth-order valence-electron chi connectivity index (χ4n) is 2.10. The van der Waals surface area contributed by atoms with Gasteiger partial charge in [0, 0.05) is 27.4 Å². The third kappa shape index (κ3) is 3.64. The van der Waals surface area contributed by atoms with E-state index in [2.05, 4.69) is 47.8 Å². The number of morpholine rings is 1. The van der Waals surface area contributed by atoms with E-state index < -0.39 is 10.0 Å². The highest BCUT2D eigenvalue weighted by atomic mass is 79.9. The lowest BCUT2D eigenvalue weighted by Gasteiger charge is -2.35. The molecule has 1 aliphatic heterocycles. The first-order valence-electron chi connectivity index (χ1n) is 6.01. The number of hydrogen-bond donors (Lipinski definition) is 0. The van der Waals surface area contributed by atoms with Crippen LogP contribution in [-0.2, 0) is 14.8 Å². The zero-order valence-electron chi connectivity index (χ0n) is 10.7. The van der Waals surface area contributed by atoms with E-state index in [0.29, 0.717) is 22.9 Å². The zero-order chi connectivity index (χ0) is 14.9. The molecule has 112 valence electrons. The maximum Gasteiger partial charge on any atom is 0.244 e. The second-order valence-corrected chi connectivity index (χ2v) is 8.94. The van der Waals surface area contributed by atoms with Gasteiger partial charge in [0.1, 0.15) is 0 Å². The van der Waals surface area contributed by atoms with Crippen molar-refractivity contribution in [2.75, 3.05) is 18.4 Å². The fraction of sp³-hybridized carbons (Fsp3) is 0.500. The van der Waals surface area contributed by atoms with Crippen molar-refractivity contribution < 1.29 is 13.2 Å². The summed E-state index contributed by atoms with van der Waals surface area (Å²) in [5.74, 6) is 0. The van der Waals surface area contributed by atoms with Crippen LogP contribution in [-0.4, -0.2) is 43.4 Å². The molecule has 0 aromatic heterocycles. The lowest BCUT2D eigenvalue weighted by molar-refractivity contribution is -0.0411. The zero-order valence-corrected chi connectivity index (χ0v) is 16.3. The van der Waals surface area contributed by atoms with E-state index in [1.54, 1.807) is 18.2 Å². The molecular formula is C12H14Br3NO3S. The third-order valence-corrected chi connectivity index (χ3v) is 7.02. The van der Waals surface area contributed by atoms with E-state index in [0.717, 1.165) is 4.47 Å². The van der Waals surface area contributed by atoms with Gasteiger partial charge in [0.15, 0.2) is 0 Å². The Labute approximate surface area is 144 Å². The Kier molecular flexibility index (Phi) is 5.70. The van der Waals surface area contributed by atoms with E-state index in [1.165, 1.54) is 4.31 Å². The number of benzene rings is 1. The van der Waals surface area contributed by atoms with Crippen molar-refractivity contribution in [1.82, 2.24) is 4.31 Å². The molecule has 1 heterocycles. The molecular weight excluding hydrogens is 478 g/mol. The number of hydrogen-bond acceptors (Lipinski definition) is 3. The summed E-state index contributed by atoms with van der Waals surface area (Å²) in [7, 11) is -3.54. The Bertz CT molecular complexity index is 594. The minimum Gasteiger partial charge on any atom is -0.372 e. The second kappa shape index (κ2) is 6.75. The Morgan fingerprint density at radius 1 is 1.35 bits per heavy atom. The molecule has 0 bridgehead atoms. The molecule has 0 N–H and O–H groups in total. The van der Waals surface area contributed by atoms with Gasteiger partial charge in [-0.2, -0.15) is 4.31 Å². The topological polar surface area (TPSA) is 46.6 Å². The quantitative estimate of drug-likeness (QED) is 0.609. The van der Waals surface area contributed by atoms with Gasteiger partial charge in [0.05, 0.1) is 17.1 Å². The Morgan fingerprint density at radius 3 is 2.70 bits per heavy atom. The predicted octanol–water partition coefficient (Wildman–Crippen LogP) is 3.38. The summed E-state index contributed by atoms with van der Waals surface area (Å²) in [4.78, 5) is 0.272. The molecule has 0 amide bonds. The van der Waals surface area contributed by atoms with Crippen molar-refractivity contribution in [2.45, 2.75) is 24.0 Å². The second-order valence-electron chi connectivity index (χ2n) is 4.62. The molecule has 1 saturated heterocycles. The summed E-state index contributed by atoms with van der Waals surface area (Å²) in [5, 5.41) is 0.614. The van der Waals surface area contributed by atoms with Crippen molar-refractivity contribution in [3.8, 4) is 0 Å². The van der Waals surface area contributed by atoms with Gasteiger partial charge in [-0.05, 0) is 41.1 Å². The van der Waals surface area contributed by atoms with Crippen LogP contribution in [0, 0.1) is 0 Å². The first-order valence-corrected chi connectivity index (χ1v) is 10.2. The molecule has 20 heavy (non-hydrogen) atoms. The summed E-state index contributed by atoms with van der Waals surface area (Å²) >= 11 is 9.98. The first-order chi connectivity index (χ1) is 9.34. The van der Waals surface area contributed by atoms with Crippen LogP contribution in [0.5, 0.6) is 0 Å². The van der Waals surface area contributed by atoms with E-state index in [4.69, 9.17) is 4.74 Å². The normalized spacial score (nSPS) is 24.8. The van der Waals surface area contributed by atoms with Gasteiger partial charge < -0.3 is 4.74 Å². The van der Waals surface area contributed by atoms with Gasteiger partial charge in [-0.1, -0.05) is 31.9 Å². The van der Waals surface area contributed by atoms with Crippen LogP contribution in [0.15, 0.2) is 32.0 Å². The van der Waals surface area contributed by atoms with Crippen molar-refractivity contribution in [1.29, 1.82) is 0 Å². The Morgan fingerprint density at radius 2 is 2.05 bits per heavy atom. The lowest BCUT2D eigenvalue weighted by Crippen LogP contribution is -2.49. The maximum atomic E-state index is 12.8. The predicted molar refractivity (Wildman–Crippen MR) is 88.7 cm³/mol. The molecule has 2 atom stereocenters. The van der Waals surface area contributed by atoms with Crippen molar-refractivity contribution in [2.24, 2.45) is 0 Å². The molecule has 1 fully saturated rings.